The van der Waals surface area contributed by atoms with E-state index in [1.54, 1.807) is 6.20 Å². The molecule has 0 saturated heterocycles. The Hall–Kier alpha value is -0.530. The van der Waals surface area contributed by atoms with Gasteiger partial charge in [-0.2, -0.15) is 0 Å². The first kappa shape index (κ1) is 14.9. The van der Waals surface area contributed by atoms with Gasteiger partial charge in [-0.1, -0.05) is 0 Å². The summed E-state index contributed by atoms with van der Waals surface area (Å²) in [6.07, 6.45) is 4.33. The first-order chi connectivity index (χ1) is 9.08. The summed E-state index contributed by atoms with van der Waals surface area (Å²) in [7, 11) is 0. The van der Waals surface area contributed by atoms with Crippen molar-refractivity contribution in [1.82, 2.24) is 9.97 Å². The number of amides is 1. The number of rotatable bonds is 5. The van der Waals surface area contributed by atoms with E-state index >= 15 is 0 Å². The molecule has 1 fully saturated rings. The summed E-state index contributed by atoms with van der Waals surface area (Å²) < 4.78 is 6.62. The van der Waals surface area contributed by atoms with Crippen LogP contribution in [0.25, 0.3) is 0 Å². The van der Waals surface area contributed by atoms with Crippen LogP contribution in [0.3, 0.4) is 0 Å². The number of hydrogen-bond acceptors (Lipinski definition) is 4. The fourth-order valence-electron chi connectivity index (χ4n) is 2.09. The van der Waals surface area contributed by atoms with Gasteiger partial charge < -0.3 is 10.1 Å². The maximum atomic E-state index is 11.9. The van der Waals surface area contributed by atoms with E-state index in [1.807, 2.05) is 6.92 Å². The van der Waals surface area contributed by atoms with E-state index < -0.39 is 0 Å². The zero-order chi connectivity index (χ0) is 13.8. The lowest BCUT2D eigenvalue weighted by atomic mass is 9.80. The molecule has 0 bridgehead atoms. The molecule has 2 rings (SSSR count). The second-order valence-corrected chi connectivity index (χ2v) is 6.06. The zero-order valence-corrected chi connectivity index (χ0v) is 13.7. The normalized spacial score (nSPS) is 21.8. The second-order valence-electron chi connectivity index (χ2n) is 4.50. The molecular weight excluding hydrogens is 378 g/mol. The van der Waals surface area contributed by atoms with Gasteiger partial charge in [-0.15, -0.1) is 0 Å². The molecule has 1 aliphatic rings. The van der Waals surface area contributed by atoms with Crippen LogP contribution in [-0.4, -0.2) is 28.6 Å². The van der Waals surface area contributed by atoms with Crippen molar-refractivity contribution in [3.05, 3.63) is 15.4 Å². The van der Waals surface area contributed by atoms with Gasteiger partial charge in [0.2, 0.25) is 5.91 Å². The molecule has 5 nitrogen and oxygen atoms in total. The number of anilines is 1. The van der Waals surface area contributed by atoms with Crippen LogP contribution in [0.15, 0.2) is 15.4 Å². The van der Waals surface area contributed by atoms with Gasteiger partial charge in [0.15, 0.2) is 5.82 Å². The number of carbonyl (C=O) groups excluding carboxylic acids is 1. The van der Waals surface area contributed by atoms with Gasteiger partial charge in [0.05, 0.1) is 12.3 Å². The minimum absolute atomic E-state index is 0.0303. The van der Waals surface area contributed by atoms with E-state index in [4.69, 9.17) is 4.74 Å². The summed E-state index contributed by atoms with van der Waals surface area (Å²) in [4.78, 5) is 20.1. The minimum Gasteiger partial charge on any atom is -0.378 e. The lowest BCUT2D eigenvalue weighted by Gasteiger charge is -2.34. The second kappa shape index (κ2) is 6.76. The average Bonchev–Trinajstić information content (AvgIpc) is 2.30. The molecule has 1 saturated carbocycles. The highest BCUT2D eigenvalue weighted by Crippen LogP contribution is 2.33. The fourth-order valence-corrected chi connectivity index (χ4v) is 3.00. The smallest absolute Gasteiger partial charge is 0.225 e. The quantitative estimate of drug-likeness (QED) is 0.835. The number of ether oxygens (including phenoxy) is 1. The van der Waals surface area contributed by atoms with Crippen molar-refractivity contribution in [2.45, 2.75) is 32.3 Å². The van der Waals surface area contributed by atoms with Crippen LogP contribution in [0.4, 0.5) is 5.82 Å². The molecular formula is C12H15Br2N3O2. The third-order valence-corrected chi connectivity index (χ3v) is 3.96. The van der Waals surface area contributed by atoms with Crippen LogP contribution in [0.1, 0.15) is 26.2 Å². The lowest BCUT2D eigenvalue weighted by molar-refractivity contribution is -0.119. The van der Waals surface area contributed by atoms with Crippen LogP contribution in [0.5, 0.6) is 0 Å². The standard InChI is InChI=1S/C12H15Br2N3O2/c1-2-19-8-3-7(4-8)5-10(18)17-12-11(14)16-9(13)6-15-12/h6-8H,2-5H2,1H3,(H,15,17,18). The molecule has 1 aromatic heterocycles. The van der Waals surface area contributed by atoms with Crippen molar-refractivity contribution >= 4 is 43.6 Å². The van der Waals surface area contributed by atoms with E-state index in [9.17, 15) is 4.79 Å². The highest BCUT2D eigenvalue weighted by Gasteiger charge is 2.31. The first-order valence-corrected chi connectivity index (χ1v) is 7.76. The Kier molecular flexibility index (Phi) is 5.29. The van der Waals surface area contributed by atoms with Crippen LogP contribution in [0, 0.1) is 5.92 Å². The van der Waals surface area contributed by atoms with Gasteiger partial charge in [0, 0.05) is 13.0 Å². The number of carbonyl (C=O) groups is 1. The first-order valence-electron chi connectivity index (χ1n) is 6.18. The Morgan fingerprint density at radius 1 is 1.53 bits per heavy atom. The van der Waals surface area contributed by atoms with E-state index in [0.717, 1.165) is 19.4 Å². The molecule has 7 heteroatoms. The van der Waals surface area contributed by atoms with Gasteiger partial charge >= 0.3 is 0 Å². The van der Waals surface area contributed by atoms with Crippen molar-refractivity contribution < 1.29 is 9.53 Å². The summed E-state index contributed by atoms with van der Waals surface area (Å²) in [5, 5.41) is 2.76. The Balaban J connectivity index is 1.79. The van der Waals surface area contributed by atoms with Gasteiger partial charge in [-0.3, -0.25) is 4.79 Å². The van der Waals surface area contributed by atoms with Crippen molar-refractivity contribution in [3.63, 3.8) is 0 Å². The molecule has 0 aromatic carbocycles. The third kappa shape index (κ3) is 4.22. The average molecular weight is 393 g/mol. The summed E-state index contributed by atoms with van der Waals surface area (Å²) in [6, 6.07) is 0. The molecule has 0 unspecified atom stereocenters. The molecule has 1 N–H and O–H groups in total. The number of aromatic nitrogens is 2. The third-order valence-electron chi connectivity index (χ3n) is 3.03. The SMILES string of the molecule is CCOC1CC(CC(=O)Nc2ncc(Br)nc2Br)C1. The van der Waals surface area contributed by atoms with E-state index in [2.05, 4.69) is 47.1 Å². The van der Waals surface area contributed by atoms with Crippen molar-refractivity contribution in [2.24, 2.45) is 5.92 Å². The highest BCUT2D eigenvalue weighted by atomic mass is 79.9. The minimum atomic E-state index is -0.0303. The monoisotopic (exact) mass is 391 g/mol. The van der Waals surface area contributed by atoms with Gasteiger partial charge in [-0.25, -0.2) is 9.97 Å². The van der Waals surface area contributed by atoms with E-state index in [-0.39, 0.29) is 5.91 Å². The number of nitrogens with one attached hydrogen (secondary N) is 1. The fraction of sp³-hybridized carbons (Fsp3) is 0.583. The number of nitrogens with zero attached hydrogens (tertiary/aromatic N) is 2. The Labute approximate surface area is 128 Å². The molecule has 19 heavy (non-hydrogen) atoms. The molecule has 1 aromatic rings. The molecule has 0 radical (unpaired) electrons. The number of halogens is 2. The largest absolute Gasteiger partial charge is 0.378 e. The number of hydrogen-bond donors (Lipinski definition) is 1. The molecule has 1 aliphatic carbocycles. The maximum absolute atomic E-state index is 11.9. The Bertz CT molecular complexity index is 464. The molecule has 104 valence electrons. The predicted molar refractivity (Wildman–Crippen MR) is 78.8 cm³/mol. The topological polar surface area (TPSA) is 64.1 Å². The summed E-state index contributed by atoms with van der Waals surface area (Å²) >= 11 is 6.48. The van der Waals surface area contributed by atoms with Gasteiger partial charge in [0.1, 0.15) is 9.21 Å². The predicted octanol–water partition coefficient (Wildman–Crippen LogP) is 3.15. The lowest BCUT2D eigenvalue weighted by Crippen LogP contribution is -2.34. The molecule has 0 aliphatic heterocycles. The molecule has 0 atom stereocenters. The van der Waals surface area contributed by atoms with Gasteiger partial charge in [0.25, 0.3) is 0 Å². The molecule has 1 amide bonds. The van der Waals surface area contributed by atoms with Crippen LogP contribution < -0.4 is 5.32 Å². The van der Waals surface area contributed by atoms with E-state index in [1.165, 1.54) is 0 Å². The summed E-state index contributed by atoms with van der Waals surface area (Å²) in [5.41, 5.74) is 0. The summed E-state index contributed by atoms with van der Waals surface area (Å²) in [6.45, 7) is 2.73. The van der Waals surface area contributed by atoms with Crippen molar-refractivity contribution in [1.29, 1.82) is 0 Å². The highest BCUT2D eigenvalue weighted by molar-refractivity contribution is 9.11. The van der Waals surface area contributed by atoms with Crippen LogP contribution in [0.2, 0.25) is 0 Å². The maximum Gasteiger partial charge on any atom is 0.225 e. The van der Waals surface area contributed by atoms with Crippen molar-refractivity contribution in [2.75, 3.05) is 11.9 Å². The van der Waals surface area contributed by atoms with Crippen LogP contribution in [-0.2, 0) is 9.53 Å². The van der Waals surface area contributed by atoms with Crippen molar-refractivity contribution in [3.8, 4) is 0 Å². The molecule has 0 spiro atoms. The van der Waals surface area contributed by atoms with E-state index in [0.29, 0.717) is 33.5 Å². The summed E-state index contributed by atoms with van der Waals surface area (Å²) in [5.74, 6) is 0.838. The van der Waals surface area contributed by atoms with Crippen LogP contribution >= 0.6 is 31.9 Å². The molecule has 1 heterocycles. The Morgan fingerprint density at radius 2 is 2.26 bits per heavy atom. The Morgan fingerprint density at radius 3 is 2.89 bits per heavy atom. The zero-order valence-electron chi connectivity index (χ0n) is 10.5. The van der Waals surface area contributed by atoms with Gasteiger partial charge in [-0.05, 0) is 57.5 Å².